The number of nitrogens with zero attached hydrogens (tertiary/aromatic N) is 1. The highest BCUT2D eigenvalue weighted by molar-refractivity contribution is 5.34. The topological polar surface area (TPSA) is 52.9 Å². The lowest BCUT2D eigenvalue weighted by molar-refractivity contribution is -0.137. The van der Waals surface area contributed by atoms with Crippen LogP contribution in [0.4, 0.5) is 22.0 Å². The summed E-state index contributed by atoms with van der Waals surface area (Å²) in [6.07, 6.45) is -5.22. The molecule has 9 heteroatoms. The molecule has 1 fully saturated rings. The third kappa shape index (κ3) is 6.11. The molecule has 0 bridgehead atoms. The van der Waals surface area contributed by atoms with Crippen molar-refractivity contribution in [3.05, 3.63) is 101 Å². The third-order valence-corrected chi connectivity index (χ3v) is 7.00. The van der Waals surface area contributed by atoms with Crippen molar-refractivity contribution >= 4 is 0 Å². The van der Waals surface area contributed by atoms with E-state index in [-0.39, 0.29) is 25.0 Å². The van der Waals surface area contributed by atoms with Gasteiger partial charge in [0.05, 0.1) is 17.3 Å². The van der Waals surface area contributed by atoms with Gasteiger partial charge in [-0.1, -0.05) is 42.5 Å². The molecule has 1 aliphatic heterocycles. The van der Waals surface area contributed by atoms with E-state index in [4.69, 9.17) is 4.74 Å². The molecule has 4 nitrogen and oxygen atoms in total. The number of ether oxygens (including phenoxy) is 1. The average Bonchev–Trinajstić information content (AvgIpc) is 2.88. The van der Waals surface area contributed by atoms with Crippen LogP contribution >= 0.6 is 0 Å². The Bertz CT molecular complexity index is 1170. The fraction of sp³-hybridized carbons (Fsp3) is 0.357. The van der Waals surface area contributed by atoms with Crippen LogP contribution in [0.5, 0.6) is 5.75 Å². The fourth-order valence-corrected chi connectivity index (χ4v) is 4.66. The van der Waals surface area contributed by atoms with Gasteiger partial charge >= 0.3 is 6.18 Å². The Morgan fingerprint density at radius 1 is 0.946 bits per heavy atom. The minimum absolute atomic E-state index is 0.0113. The van der Waals surface area contributed by atoms with E-state index < -0.39 is 46.9 Å². The number of aliphatic hydroxyl groups excluding tert-OH is 1. The summed E-state index contributed by atoms with van der Waals surface area (Å²) >= 11 is 0. The van der Waals surface area contributed by atoms with Gasteiger partial charge in [-0.3, -0.25) is 4.90 Å². The molecule has 1 saturated heterocycles. The number of hydrogen-bond acceptors (Lipinski definition) is 4. The van der Waals surface area contributed by atoms with Crippen LogP contribution in [-0.4, -0.2) is 34.2 Å². The molecule has 0 aliphatic carbocycles. The summed E-state index contributed by atoms with van der Waals surface area (Å²) in [6, 6.07) is 15.0. The van der Waals surface area contributed by atoms with Gasteiger partial charge in [0, 0.05) is 19.1 Å². The van der Waals surface area contributed by atoms with Crippen molar-refractivity contribution in [2.45, 2.75) is 50.3 Å². The van der Waals surface area contributed by atoms with Crippen molar-refractivity contribution in [3.8, 4) is 5.75 Å². The van der Waals surface area contributed by atoms with E-state index in [1.165, 1.54) is 12.1 Å². The van der Waals surface area contributed by atoms with Gasteiger partial charge in [-0.05, 0) is 60.7 Å². The van der Waals surface area contributed by atoms with Crippen LogP contribution in [0.1, 0.15) is 48.1 Å². The van der Waals surface area contributed by atoms with Gasteiger partial charge in [-0.15, -0.1) is 0 Å². The summed E-state index contributed by atoms with van der Waals surface area (Å²) in [4.78, 5) is 1.87. The van der Waals surface area contributed by atoms with E-state index in [9.17, 15) is 32.2 Å². The Kier molecular flexibility index (Phi) is 7.87. The SMILES string of the molecule is C[C@H]([C@H](O)c1cc(F)c(OCc2ccccc2)c(F)c1)N1CCC(O)(c2ccc(C(F)(F)F)cc2)CC1. The Labute approximate surface area is 211 Å². The number of aliphatic hydroxyl groups is 2. The minimum Gasteiger partial charge on any atom is -0.483 e. The number of rotatable bonds is 7. The number of piperidine rings is 1. The lowest BCUT2D eigenvalue weighted by Crippen LogP contribution is -2.47. The second-order valence-electron chi connectivity index (χ2n) is 9.42. The van der Waals surface area contributed by atoms with Crippen LogP contribution in [-0.2, 0) is 18.4 Å². The number of likely N-dealkylation sites (tertiary alicyclic amines) is 1. The van der Waals surface area contributed by atoms with Crippen molar-refractivity contribution in [1.82, 2.24) is 4.90 Å². The molecule has 198 valence electrons. The van der Waals surface area contributed by atoms with Crippen LogP contribution in [0.2, 0.25) is 0 Å². The van der Waals surface area contributed by atoms with E-state index in [0.29, 0.717) is 18.7 Å². The average molecular weight is 522 g/mol. The molecule has 3 aromatic rings. The monoisotopic (exact) mass is 521 g/mol. The molecule has 0 saturated carbocycles. The van der Waals surface area contributed by atoms with Gasteiger partial charge in [0.2, 0.25) is 0 Å². The first-order valence-corrected chi connectivity index (χ1v) is 12.0. The van der Waals surface area contributed by atoms with E-state index in [2.05, 4.69) is 0 Å². The number of benzene rings is 3. The fourth-order valence-electron chi connectivity index (χ4n) is 4.66. The zero-order valence-corrected chi connectivity index (χ0v) is 20.2. The maximum atomic E-state index is 14.7. The van der Waals surface area contributed by atoms with Crippen LogP contribution in [0.15, 0.2) is 66.7 Å². The highest BCUT2D eigenvalue weighted by atomic mass is 19.4. The highest BCUT2D eigenvalue weighted by Crippen LogP contribution is 2.37. The molecule has 0 aromatic heterocycles. The molecule has 1 aliphatic rings. The second kappa shape index (κ2) is 10.8. The summed E-state index contributed by atoms with van der Waals surface area (Å²) in [5, 5.41) is 21.9. The molecular weight excluding hydrogens is 493 g/mol. The van der Waals surface area contributed by atoms with Gasteiger partial charge in [-0.2, -0.15) is 13.2 Å². The number of hydrogen-bond donors (Lipinski definition) is 2. The highest BCUT2D eigenvalue weighted by Gasteiger charge is 2.38. The van der Waals surface area contributed by atoms with Crippen molar-refractivity contribution in [2.75, 3.05) is 13.1 Å². The zero-order chi connectivity index (χ0) is 26.8. The summed E-state index contributed by atoms with van der Waals surface area (Å²) in [5.74, 6) is -2.37. The molecule has 2 N–H and O–H groups in total. The first-order chi connectivity index (χ1) is 17.5. The van der Waals surface area contributed by atoms with E-state index in [0.717, 1.165) is 29.8 Å². The second-order valence-corrected chi connectivity index (χ2v) is 9.42. The van der Waals surface area contributed by atoms with Crippen molar-refractivity contribution < 1.29 is 36.9 Å². The molecule has 3 aromatic carbocycles. The Morgan fingerprint density at radius 3 is 2.05 bits per heavy atom. The molecular formula is C28H28F5NO3. The largest absolute Gasteiger partial charge is 0.483 e. The summed E-state index contributed by atoms with van der Waals surface area (Å²) < 4.78 is 73.2. The summed E-state index contributed by atoms with van der Waals surface area (Å²) in [6.45, 7) is 2.36. The first-order valence-electron chi connectivity index (χ1n) is 12.0. The number of halogens is 5. The molecule has 37 heavy (non-hydrogen) atoms. The molecule has 0 radical (unpaired) electrons. The van der Waals surface area contributed by atoms with Crippen LogP contribution in [0, 0.1) is 11.6 Å². The van der Waals surface area contributed by atoms with Gasteiger partial charge in [-0.25, -0.2) is 8.78 Å². The molecule has 4 rings (SSSR count). The normalized spacial score (nSPS) is 17.8. The summed E-state index contributed by atoms with van der Waals surface area (Å²) in [5.41, 5.74) is -0.895. The predicted molar refractivity (Wildman–Crippen MR) is 128 cm³/mol. The standard InChI is InChI=1S/C28H28F5NO3/c1-18(34-13-11-27(36,12-14-34)21-7-9-22(10-8-21)28(31,32)33)25(35)20-15-23(29)26(24(30)16-20)37-17-19-5-3-2-4-6-19/h2-10,15-16,18,25,35-36H,11-14,17H2,1H3/t18-,25+/m1/s1. The lowest BCUT2D eigenvalue weighted by Gasteiger charge is -2.42. The van der Waals surface area contributed by atoms with Gasteiger partial charge in [0.25, 0.3) is 0 Å². The Morgan fingerprint density at radius 2 is 1.51 bits per heavy atom. The van der Waals surface area contributed by atoms with Crippen molar-refractivity contribution in [1.29, 1.82) is 0 Å². The van der Waals surface area contributed by atoms with Crippen molar-refractivity contribution in [3.63, 3.8) is 0 Å². The third-order valence-electron chi connectivity index (χ3n) is 7.00. The maximum Gasteiger partial charge on any atom is 0.416 e. The quantitative estimate of drug-likeness (QED) is 0.377. The van der Waals surface area contributed by atoms with E-state index in [1.54, 1.807) is 31.2 Å². The Balaban J connectivity index is 1.39. The Hall–Kier alpha value is -3.01. The molecule has 0 amide bonds. The molecule has 0 unspecified atom stereocenters. The molecule has 1 heterocycles. The molecule has 2 atom stereocenters. The minimum atomic E-state index is -4.46. The number of alkyl halides is 3. The van der Waals surface area contributed by atoms with Crippen LogP contribution in [0.3, 0.4) is 0 Å². The van der Waals surface area contributed by atoms with Gasteiger partial charge in [0.1, 0.15) is 6.61 Å². The van der Waals surface area contributed by atoms with E-state index >= 15 is 0 Å². The zero-order valence-electron chi connectivity index (χ0n) is 20.2. The van der Waals surface area contributed by atoms with Gasteiger partial charge in [0.15, 0.2) is 17.4 Å². The summed E-state index contributed by atoms with van der Waals surface area (Å²) in [7, 11) is 0. The van der Waals surface area contributed by atoms with Crippen LogP contribution in [0.25, 0.3) is 0 Å². The van der Waals surface area contributed by atoms with E-state index in [1.807, 2.05) is 11.0 Å². The lowest BCUT2D eigenvalue weighted by atomic mass is 9.83. The molecule has 0 spiro atoms. The van der Waals surface area contributed by atoms with Crippen LogP contribution < -0.4 is 4.74 Å². The maximum absolute atomic E-state index is 14.7. The van der Waals surface area contributed by atoms with Gasteiger partial charge < -0.3 is 14.9 Å². The van der Waals surface area contributed by atoms with Crippen molar-refractivity contribution in [2.24, 2.45) is 0 Å². The predicted octanol–water partition coefficient (Wildman–Crippen LogP) is 5.97. The smallest absolute Gasteiger partial charge is 0.416 e. The first kappa shape index (κ1) is 27.0.